The van der Waals surface area contributed by atoms with Crippen LogP contribution in [0.4, 0.5) is 11.4 Å². The lowest BCUT2D eigenvalue weighted by atomic mass is 9.83. The average molecular weight is 529 g/mol. The molecule has 1 unspecified atom stereocenters. The van der Waals surface area contributed by atoms with Gasteiger partial charge in [-0.25, -0.2) is 0 Å². The first kappa shape index (κ1) is 25.9. The fourth-order valence-electron chi connectivity index (χ4n) is 4.96. The lowest BCUT2D eigenvalue weighted by Crippen LogP contribution is -2.42. The molecule has 1 aliphatic rings. The van der Waals surface area contributed by atoms with Gasteiger partial charge in [-0.3, -0.25) is 14.4 Å². The van der Waals surface area contributed by atoms with E-state index in [-0.39, 0.29) is 12.5 Å². The molecule has 3 aromatic carbocycles. The van der Waals surface area contributed by atoms with E-state index in [9.17, 15) is 15.0 Å². The first-order chi connectivity index (χ1) is 18.4. The van der Waals surface area contributed by atoms with Crippen molar-refractivity contribution in [2.75, 3.05) is 11.5 Å². The summed E-state index contributed by atoms with van der Waals surface area (Å²) < 4.78 is 1.73. The zero-order chi connectivity index (χ0) is 26.7. The highest BCUT2D eigenvalue weighted by Gasteiger charge is 2.53. The fraction of sp³-hybridized carbons (Fsp3) is 0.233. The summed E-state index contributed by atoms with van der Waals surface area (Å²) in [5.41, 5.74) is 1.74. The largest absolute Gasteiger partial charge is 0.395 e. The normalized spacial score (nSPS) is 18.6. The van der Waals surface area contributed by atoms with Gasteiger partial charge in [0, 0.05) is 34.9 Å². The van der Waals surface area contributed by atoms with Crippen molar-refractivity contribution in [1.82, 2.24) is 15.0 Å². The molecule has 1 aliphatic heterocycles. The Morgan fingerprint density at radius 2 is 1.76 bits per heavy atom. The van der Waals surface area contributed by atoms with E-state index in [0.717, 1.165) is 5.56 Å². The maximum atomic E-state index is 13.7. The summed E-state index contributed by atoms with van der Waals surface area (Å²) in [5, 5.41) is 30.6. The van der Waals surface area contributed by atoms with Crippen LogP contribution in [0.25, 0.3) is 0 Å². The molecule has 5 rings (SSSR count). The van der Waals surface area contributed by atoms with Gasteiger partial charge in [-0.2, -0.15) is 0 Å². The lowest BCUT2D eigenvalue weighted by molar-refractivity contribution is -0.138. The van der Waals surface area contributed by atoms with E-state index in [1.807, 2.05) is 85.9 Å². The van der Waals surface area contributed by atoms with Crippen molar-refractivity contribution in [3.8, 4) is 0 Å². The molecule has 3 atom stereocenters. The van der Waals surface area contributed by atoms with Gasteiger partial charge in [-0.15, -0.1) is 5.10 Å². The number of aliphatic hydroxyl groups is 2. The predicted octanol–water partition coefficient (Wildman–Crippen LogP) is 5.20. The zero-order valence-corrected chi connectivity index (χ0v) is 21.7. The molecule has 0 spiro atoms. The van der Waals surface area contributed by atoms with Crippen LogP contribution >= 0.6 is 11.6 Å². The van der Waals surface area contributed by atoms with Crippen LogP contribution in [0.1, 0.15) is 36.1 Å². The summed E-state index contributed by atoms with van der Waals surface area (Å²) in [6.07, 6.45) is 6.26. The van der Waals surface area contributed by atoms with E-state index in [1.165, 1.54) is 0 Å². The van der Waals surface area contributed by atoms with Gasteiger partial charge >= 0.3 is 0 Å². The van der Waals surface area contributed by atoms with E-state index >= 15 is 0 Å². The number of allylic oxidation sites excluding steroid dienone is 1. The second-order valence-electron chi connectivity index (χ2n) is 9.46. The predicted molar refractivity (Wildman–Crippen MR) is 147 cm³/mol. The van der Waals surface area contributed by atoms with Gasteiger partial charge in [0.25, 0.3) is 5.91 Å². The van der Waals surface area contributed by atoms with Crippen molar-refractivity contribution < 1.29 is 15.0 Å². The van der Waals surface area contributed by atoms with Crippen LogP contribution in [-0.2, 0) is 16.9 Å². The molecule has 8 heteroatoms. The molecule has 0 saturated heterocycles. The third-order valence-electron chi connectivity index (χ3n) is 7.06. The van der Waals surface area contributed by atoms with Gasteiger partial charge in [0.15, 0.2) is 5.60 Å². The average Bonchev–Trinajstić information content (AvgIpc) is 3.49. The molecule has 1 amide bonds. The summed E-state index contributed by atoms with van der Waals surface area (Å²) in [5.74, 6) is -1.15. The number of benzene rings is 3. The Labute approximate surface area is 226 Å². The molecule has 0 saturated carbocycles. The maximum absolute atomic E-state index is 13.7. The van der Waals surface area contributed by atoms with Gasteiger partial charge in [0.05, 0.1) is 23.9 Å². The van der Waals surface area contributed by atoms with Crippen molar-refractivity contribution in [3.05, 3.63) is 119 Å². The molecule has 0 fully saturated rings. The van der Waals surface area contributed by atoms with Gasteiger partial charge < -0.3 is 10.2 Å². The topological polar surface area (TPSA) is 91.5 Å². The number of para-hydroxylation sites is 1. The van der Waals surface area contributed by atoms with Gasteiger partial charge in [-0.1, -0.05) is 84.4 Å². The number of carbonyl (C=O) groups is 1. The Kier molecular flexibility index (Phi) is 7.42. The maximum Gasteiger partial charge on any atom is 0.268 e. The minimum Gasteiger partial charge on any atom is -0.395 e. The molecule has 7 nitrogen and oxygen atoms in total. The molecule has 0 radical (unpaired) electrons. The molecule has 0 aliphatic carbocycles. The Morgan fingerprint density at radius 3 is 2.47 bits per heavy atom. The number of aliphatic hydroxyl groups excluding tert-OH is 1. The Bertz CT molecular complexity index is 1440. The standard InChI is InChI=1S/C30H29ClN4O3/c1-21(10-8-9-17-34-19-27(32-33-34)25(20-36)22-11-4-2-5-12-22)30(38)26-18-23(31)15-16-28(26)35(29(30)37)24-13-6-3-7-14-24/h2-8,10-16,18-19,21,25,36,38H,9,17,20H2,1H3/b10-8+/t21-,25?,30+/m0/s1. The fourth-order valence-corrected chi connectivity index (χ4v) is 5.13. The number of halogens is 1. The summed E-state index contributed by atoms with van der Waals surface area (Å²) in [4.78, 5) is 15.2. The Hall–Kier alpha value is -3.78. The van der Waals surface area contributed by atoms with Crippen LogP contribution in [0.2, 0.25) is 5.02 Å². The van der Waals surface area contributed by atoms with E-state index in [2.05, 4.69) is 10.3 Å². The third kappa shape index (κ3) is 4.76. The molecular weight excluding hydrogens is 500 g/mol. The quantitative estimate of drug-likeness (QED) is 0.291. The van der Waals surface area contributed by atoms with Crippen LogP contribution in [0.3, 0.4) is 0 Å². The number of anilines is 2. The van der Waals surface area contributed by atoms with Crippen molar-refractivity contribution in [3.63, 3.8) is 0 Å². The highest BCUT2D eigenvalue weighted by Crippen LogP contribution is 2.48. The Morgan fingerprint density at radius 1 is 1.05 bits per heavy atom. The summed E-state index contributed by atoms with van der Waals surface area (Å²) in [6.45, 7) is 2.33. The smallest absolute Gasteiger partial charge is 0.268 e. The van der Waals surface area contributed by atoms with E-state index < -0.39 is 17.4 Å². The lowest BCUT2D eigenvalue weighted by Gasteiger charge is -2.27. The number of fused-ring (bicyclic) bond motifs is 1. The number of hydrogen-bond acceptors (Lipinski definition) is 5. The molecule has 2 heterocycles. The Balaban J connectivity index is 1.30. The van der Waals surface area contributed by atoms with E-state index in [4.69, 9.17) is 11.6 Å². The number of aromatic nitrogens is 3. The van der Waals surface area contributed by atoms with Gasteiger partial charge in [0.2, 0.25) is 0 Å². The summed E-state index contributed by atoms with van der Waals surface area (Å²) in [6, 6.07) is 24.2. The molecule has 2 N–H and O–H groups in total. The molecule has 4 aromatic rings. The number of rotatable bonds is 9. The number of amides is 1. The second-order valence-corrected chi connectivity index (χ2v) is 9.90. The second kappa shape index (κ2) is 10.9. The number of hydrogen-bond donors (Lipinski definition) is 2. The van der Waals surface area contributed by atoms with Crippen LogP contribution < -0.4 is 4.90 Å². The number of nitrogens with zero attached hydrogens (tertiary/aromatic N) is 4. The van der Waals surface area contributed by atoms with Gasteiger partial charge in [0.1, 0.15) is 0 Å². The van der Waals surface area contributed by atoms with Gasteiger partial charge in [-0.05, 0) is 42.3 Å². The highest BCUT2D eigenvalue weighted by atomic mass is 35.5. The van der Waals surface area contributed by atoms with Crippen molar-refractivity contribution in [2.45, 2.75) is 31.4 Å². The first-order valence-corrected chi connectivity index (χ1v) is 13.0. The minimum absolute atomic E-state index is 0.0573. The van der Waals surface area contributed by atoms with Crippen molar-refractivity contribution in [1.29, 1.82) is 0 Å². The van der Waals surface area contributed by atoms with Crippen LogP contribution in [0.5, 0.6) is 0 Å². The summed E-state index contributed by atoms with van der Waals surface area (Å²) in [7, 11) is 0. The number of aryl methyl sites for hydroxylation is 1. The van der Waals surface area contributed by atoms with E-state index in [1.54, 1.807) is 27.8 Å². The minimum atomic E-state index is -1.75. The highest BCUT2D eigenvalue weighted by molar-refractivity contribution is 6.31. The van der Waals surface area contributed by atoms with Crippen LogP contribution in [-0.4, -0.2) is 37.7 Å². The molecule has 194 valence electrons. The summed E-state index contributed by atoms with van der Waals surface area (Å²) >= 11 is 6.27. The SMILES string of the molecule is C[C@@H](/C=C/CCn1cc(C(CO)c2ccccc2)nn1)[C@]1(O)C(=O)N(c2ccccc2)c2ccc(Cl)cc21. The van der Waals surface area contributed by atoms with Crippen LogP contribution in [0, 0.1) is 5.92 Å². The molecular formula is C30H29ClN4O3. The molecule has 0 bridgehead atoms. The zero-order valence-electron chi connectivity index (χ0n) is 21.0. The third-order valence-corrected chi connectivity index (χ3v) is 7.30. The van der Waals surface area contributed by atoms with Crippen LogP contribution in [0.15, 0.2) is 97.2 Å². The van der Waals surface area contributed by atoms with E-state index in [0.29, 0.717) is 40.6 Å². The molecule has 1 aromatic heterocycles. The first-order valence-electron chi connectivity index (χ1n) is 12.6. The van der Waals surface area contributed by atoms with Crippen molar-refractivity contribution in [2.24, 2.45) is 5.92 Å². The monoisotopic (exact) mass is 528 g/mol. The van der Waals surface area contributed by atoms with Crippen molar-refractivity contribution >= 4 is 28.9 Å². The number of carbonyl (C=O) groups excluding carboxylic acids is 1. The molecule has 38 heavy (non-hydrogen) atoms.